The Bertz CT molecular complexity index is 852. The van der Waals surface area contributed by atoms with E-state index in [4.69, 9.17) is 10.00 Å². The van der Waals surface area contributed by atoms with Gasteiger partial charge in [0.2, 0.25) is 0 Å². The maximum atomic E-state index is 12.5. The van der Waals surface area contributed by atoms with Gasteiger partial charge in [0.1, 0.15) is 16.7 Å². The van der Waals surface area contributed by atoms with E-state index in [0.29, 0.717) is 11.4 Å². The minimum absolute atomic E-state index is 0.0576. The summed E-state index contributed by atoms with van der Waals surface area (Å²) < 4.78 is 32.8. The number of methoxy groups -OCH3 is 1. The highest BCUT2D eigenvalue weighted by atomic mass is 32.2. The monoisotopic (exact) mass is 316 g/mol. The van der Waals surface area contributed by atoms with Gasteiger partial charge in [-0.05, 0) is 49.2 Å². The predicted octanol–water partition coefficient (Wildman–Crippen LogP) is 2.98. The number of aryl methyl sites for hydroxylation is 2. The molecule has 0 aliphatic carbocycles. The molecule has 0 saturated heterocycles. The molecule has 2 aromatic rings. The van der Waals surface area contributed by atoms with Crippen LogP contribution in [0.4, 0.5) is 5.69 Å². The largest absolute Gasteiger partial charge is 0.495 e. The second kappa shape index (κ2) is 6.08. The molecule has 0 aliphatic heterocycles. The van der Waals surface area contributed by atoms with Gasteiger partial charge in [-0.1, -0.05) is 12.1 Å². The topological polar surface area (TPSA) is 79.2 Å². The molecule has 0 saturated carbocycles. The summed E-state index contributed by atoms with van der Waals surface area (Å²) in [6.45, 7) is 3.80. The molecule has 114 valence electrons. The summed E-state index contributed by atoms with van der Waals surface area (Å²) in [5.74, 6) is 0.432. The van der Waals surface area contributed by atoms with Crippen LogP contribution in [0.15, 0.2) is 41.3 Å². The Morgan fingerprint density at radius 3 is 2.41 bits per heavy atom. The van der Waals surface area contributed by atoms with Crippen molar-refractivity contribution in [3.05, 3.63) is 53.1 Å². The summed E-state index contributed by atoms with van der Waals surface area (Å²) >= 11 is 0. The van der Waals surface area contributed by atoms with Crippen LogP contribution in [0, 0.1) is 25.2 Å². The first kappa shape index (κ1) is 15.9. The second-order valence-electron chi connectivity index (χ2n) is 4.85. The minimum atomic E-state index is -3.87. The third-order valence-corrected chi connectivity index (χ3v) is 4.78. The lowest BCUT2D eigenvalue weighted by Crippen LogP contribution is -2.15. The number of sulfonamides is 1. The third-order valence-electron chi connectivity index (χ3n) is 3.36. The molecule has 0 aromatic heterocycles. The van der Waals surface area contributed by atoms with Crippen molar-refractivity contribution in [3.8, 4) is 11.8 Å². The first-order valence-corrected chi connectivity index (χ1v) is 8.04. The van der Waals surface area contributed by atoms with Gasteiger partial charge in [-0.3, -0.25) is 4.72 Å². The zero-order chi connectivity index (χ0) is 16.3. The van der Waals surface area contributed by atoms with Crippen molar-refractivity contribution >= 4 is 15.7 Å². The summed E-state index contributed by atoms with van der Waals surface area (Å²) in [4.78, 5) is -0.0576. The molecule has 0 amide bonds. The van der Waals surface area contributed by atoms with E-state index in [1.165, 1.54) is 19.2 Å². The highest BCUT2D eigenvalue weighted by molar-refractivity contribution is 7.92. The molecule has 0 unspecified atom stereocenters. The lowest BCUT2D eigenvalue weighted by Gasteiger charge is -2.14. The van der Waals surface area contributed by atoms with Crippen molar-refractivity contribution in [1.82, 2.24) is 0 Å². The van der Waals surface area contributed by atoms with Crippen LogP contribution in [0.25, 0.3) is 0 Å². The number of hydrogen-bond donors (Lipinski definition) is 1. The van der Waals surface area contributed by atoms with E-state index in [1.807, 2.05) is 19.9 Å². The number of rotatable bonds is 4. The molecular weight excluding hydrogens is 300 g/mol. The van der Waals surface area contributed by atoms with Gasteiger partial charge in [0.15, 0.2) is 0 Å². The molecule has 0 aliphatic rings. The van der Waals surface area contributed by atoms with Crippen LogP contribution >= 0.6 is 0 Å². The van der Waals surface area contributed by atoms with Crippen molar-refractivity contribution in [2.45, 2.75) is 18.7 Å². The van der Waals surface area contributed by atoms with Gasteiger partial charge in [-0.25, -0.2) is 8.42 Å². The quantitative estimate of drug-likeness (QED) is 0.940. The third kappa shape index (κ3) is 3.05. The van der Waals surface area contributed by atoms with E-state index in [-0.39, 0.29) is 10.5 Å². The molecule has 2 aromatic carbocycles. The Morgan fingerprint density at radius 2 is 1.77 bits per heavy atom. The maximum absolute atomic E-state index is 12.5. The van der Waals surface area contributed by atoms with Crippen molar-refractivity contribution in [2.24, 2.45) is 0 Å². The summed E-state index contributed by atoms with van der Waals surface area (Å²) in [5, 5.41) is 9.06. The highest BCUT2D eigenvalue weighted by Crippen LogP contribution is 2.30. The Kier molecular flexibility index (Phi) is 4.38. The lowest BCUT2D eigenvalue weighted by atomic mass is 10.1. The predicted molar refractivity (Wildman–Crippen MR) is 84.4 cm³/mol. The Balaban J connectivity index is 2.50. The Labute approximate surface area is 130 Å². The van der Waals surface area contributed by atoms with E-state index >= 15 is 0 Å². The maximum Gasteiger partial charge on any atom is 0.263 e. The number of anilines is 1. The molecule has 0 fully saturated rings. The van der Waals surface area contributed by atoms with Crippen LogP contribution < -0.4 is 9.46 Å². The average molecular weight is 316 g/mol. The van der Waals surface area contributed by atoms with E-state index in [0.717, 1.165) is 11.1 Å². The number of ether oxygens (including phenoxy) is 1. The van der Waals surface area contributed by atoms with Crippen LogP contribution in [0.5, 0.6) is 5.75 Å². The summed E-state index contributed by atoms with van der Waals surface area (Å²) in [6, 6.07) is 11.4. The fraction of sp³-hybridized carbons (Fsp3) is 0.188. The first-order valence-electron chi connectivity index (χ1n) is 6.56. The van der Waals surface area contributed by atoms with Gasteiger partial charge in [-0.15, -0.1) is 0 Å². The number of benzene rings is 2. The van der Waals surface area contributed by atoms with Gasteiger partial charge in [0.05, 0.1) is 18.4 Å². The van der Waals surface area contributed by atoms with Crippen molar-refractivity contribution < 1.29 is 13.2 Å². The van der Waals surface area contributed by atoms with Gasteiger partial charge in [0, 0.05) is 0 Å². The van der Waals surface area contributed by atoms with Crippen LogP contribution in [0.2, 0.25) is 0 Å². The molecule has 0 atom stereocenters. The van der Waals surface area contributed by atoms with E-state index in [2.05, 4.69) is 4.72 Å². The Hall–Kier alpha value is -2.52. The molecular formula is C16H16N2O3S. The molecule has 22 heavy (non-hydrogen) atoms. The number of nitrogens with zero attached hydrogens (tertiary/aromatic N) is 1. The standard InChI is InChI=1S/C16H16N2O3S/c1-11-8-14(15(21-3)9-12(11)2)18-22(19,20)16-7-5-4-6-13(16)10-17/h4-9,18H,1-3H3. The highest BCUT2D eigenvalue weighted by Gasteiger charge is 2.20. The molecule has 5 nitrogen and oxygen atoms in total. The minimum Gasteiger partial charge on any atom is -0.495 e. The number of nitriles is 1. The fourth-order valence-electron chi connectivity index (χ4n) is 2.03. The number of hydrogen-bond acceptors (Lipinski definition) is 4. The van der Waals surface area contributed by atoms with Crippen molar-refractivity contribution in [1.29, 1.82) is 5.26 Å². The molecule has 0 radical (unpaired) electrons. The molecule has 0 bridgehead atoms. The Morgan fingerprint density at radius 1 is 1.14 bits per heavy atom. The molecule has 2 rings (SSSR count). The average Bonchev–Trinajstić information content (AvgIpc) is 2.50. The normalized spacial score (nSPS) is 10.8. The molecule has 6 heteroatoms. The fourth-order valence-corrected chi connectivity index (χ4v) is 3.25. The van der Waals surface area contributed by atoms with Crippen LogP contribution in [0.3, 0.4) is 0 Å². The van der Waals surface area contributed by atoms with E-state index in [1.54, 1.807) is 24.3 Å². The van der Waals surface area contributed by atoms with Crippen molar-refractivity contribution in [3.63, 3.8) is 0 Å². The van der Waals surface area contributed by atoms with Gasteiger partial charge < -0.3 is 4.74 Å². The molecule has 0 heterocycles. The van der Waals surface area contributed by atoms with Crippen LogP contribution in [-0.4, -0.2) is 15.5 Å². The SMILES string of the molecule is COc1cc(C)c(C)cc1NS(=O)(=O)c1ccccc1C#N. The smallest absolute Gasteiger partial charge is 0.263 e. The molecule has 1 N–H and O–H groups in total. The van der Waals surface area contributed by atoms with Crippen molar-refractivity contribution in [2.75, 3.05) is 11.8 Å². The molecule has 0 spiro atoms. The second-order valence-corrected chi connectivity index (χ2v) is 6.50. The summed E-state index contributed by atoms with van der Waals surface area (Å²) in [5.41, 5.74) is 2.38. The van der Waals surface area contributed by atoms with E-state index in [9.17, 15) is 8.42 Å². The number of nitrogens with one attached hydrogen (secondary N) is 1. The zero-order valence-corrected chi connectivity index (χ0v) is 13.4. The van der Waals surface area contributed by atoms with Crippen LogP contribution in [-0.2, 0) is 10.0 Å². The lowest BCUT2D eigenvalue weighted by molar-refractivity contribution is 0.416. The van der Waals surface area contributed by atoms with Gasteiger partial charge in [-0.2, -0.15) is 5.26 Å². The first-order chi connectivity index (χ1) is 10.4. The zero-order valence-electron chi connectivity index (χ0n) is 12.5. The van der Waals surface area contributed by atoms with E-state index < -0.39 is 10.0 Å². The van der Waals surface area contributed by atoms with Crippen LogP contribution in [0.1, 0.15) is 16.7 Å². The summed E-state index contributed by atoms with van der Waals surface area (Å²) in [7, 11) is -2.39. The van der Waals surface area contributed by atoms with Gasteiger partial charge >= 0.3 is 0 Å². The summed E-state index contributed by atoms with van der Waals surface area (Å²) in [6.07, 6.45) is 0. The van der Waals surface area contributed by atoms with Gasteiger partial charge in [0.25, 0.3) is 10.0 Å².